The number of hydrogen-bond acceptors (Lipinski definition) is 3. The standard InChI is InChI=1S/C15H24O3/c1-14(2,3)9-7-10(13(17)18)12(16)11(8-9)15(4,5)6/h7-8,13,16-18H,1-6H3. The van der Waals surface area contributed by atoms with E-state index >= 15 is 0 Å². The molecule has 0 aromatic heterocycles. The molecule has 1 rings (SSSR count). The third kappa shape index (κ3) is 3.03. The van der Waals surface area contributed by atoms with Gasteiger partial charge in [-0.05, 0) is 28.0 Å². The molecule has 0 aliphatic rings. The number of aliphatic hydroxyl groups excluding tert-OH is 1. The minimum atomic E-state index is -1.66. The first-order valence-corrected chi connectivity index (χ1v) is 6.18. The molecule has 0 fully saturated rings. The Morgan fingerprint density at radius 1 is 0.889 bits per heavy atom. The summed E-state index contributed by atoms with van der Waals surface area (Å²) in [5.41, 5.74) is 1.52. The molecule has 18 heavy (non-hydrogen) atoms. The molecule has 0 unspecified atom stereocenters. The van der Waals surface area contributed by atoms with Crippen LogP contribution in [0.4, 0.5) is 0 Å². The molecule has 0 spiro atoms. The van der Waals surface area contributed by atoms with E-state index in [2.05, 4.69) is 20.8 Å². The third-order valence-corrected chi connectivity index (χ3v) is 3.09. The van der Waals surface area contributed by atoms with E-state index in [4.69, 9.17) is 0 Å². The van der Waals surface area contributed by atoms with Gasteiger partial charge in [-0.15, -0.1) is 0 Å². The molecular weight excluding hydrogens is 228 g/mol. The first kappa shape index (κ1) is 15.0. The highest BCUT2D eigenvalue weighted by molar-refractivity contribution is 5.49. The van der Waals surface area contributed by atoms with E-state index < -0.39 is 6.29 Å². The molecule has 1 aromatic carbocycles. The maximum atomic E-state index is 10.2. The maximum Gasteiger partial charge on any atom is 0.182 e. The fraction of sp³-hybridized carbons (Fsp3) is 0.600. The molecule has 3 heteroatoms. The van der Waals surface area contributed by atoms with Gasteiger partial charge in [0.1, 0.15) is 5.75 Å². The van der Waals surface area contributed by atoms with Crippen molar-refractivity contribution < 1.29 is 15.3 Å². The molecule has 0 saturated carbocycles. The lowest BCUT2D eigenvalue weighted by atomic mass is 9.79. The largest absolute Gasteiger partial charge is 0.507 e. The van der Waals surface area contributed by atoms with Crippen molar-refractivity contribution in [1.82, 2.24) is 0 Å². The zero-order valence-electron chi connectivity index (χ0n) is 12.1. The van der Waals surface area contributed by atoms with Crippen LogP contribution in [-0.2, 0) is 10.8 Å². The lowest BCUT2D eigenvalue weighted by Gasteiger charge is -2.27. The summed E-state index contributed by atoms with van der Waals surface area (Å²) >= 11 is 0. The van der Waals surface area contributed by atoms with Crippen molar-refractivity contribution in [3.8, 4) is 5.75 Å². The molecule has 0 saturated heterocycles. The molecule has 0 amide bonds. The third-order valence-electron chi connectivity index (χ3n) is 3.09. The Bertz CT molecular complexity index is 434. The molecular formula is C15H24O3. The second kappa shape index (κ2) is 4.56. The quantitative estimate of drug-likeness (QED) is 0.673. The van der Waals surface area contributed by atoms with E-state index in [9.17, 15) is 15.3 Å². The van der Waals surface area contributed by atoms with E-state index in [1.54, 1.807) is 6.07 Å². The van der Waals surface area contributed by atoms with Gasteiger partial charge in [0.15, 0.2) is 6.29 Å². The summed E-state index contributed by atoms with van der Waals surface area (Å²) in [5.74, 6) is -0.0227. The zero-order valence-corrected chi connectivity index (χ0v) is 12.1. The van der Waals surface area contributed by atoms with Gasteiger partial charge in [0, 0.05) is 5.56 Å². The van der Waals surface area contributed by atoms with Crippen molar-refractivity contribution in [3.63, 3.8) is 0 Å². The van der Waals surface area contributed by atoms with E-state index in [1.165, 1.54) is 0 Å². The number of phenolic OH excluding ortho intramolecular Hbond substituents is 1. The summed E-state index contributed by atoms with van der Waals surface area (Å²) in [6.07, 6.45) is -1.66. The smallest absolute Gasteiger partial charge is 0.182 e. The normalized spacial score (nSPS) is 13.2. The summed E-state index contributed by atoms with van der Waals surface area (Å²) in [7, 11) is 0. The van der Waals surface area contributed by atoms with Crippen LogP contribution in [0, 0.1) is 0 Å². The lowest BCUT2D eigenvalue weighted by Crippen LogP contribution is -2.18. The zero-order chi connectivity index (χ0) is 14.3. The van der Waals surface area contributed by atoms with Crippen LogP contribution in [0.5, 0.6) is 5.75 Å². The highest BCUT2D eigenvalue weighted by Crippen LogP contribution is 2.39. The van der Waals surface area contributed by atoms with Gasteiger partial charge in [0.25, 0.3) is 0 Å². The summed E-state index contributed by atoms with van der Waals surface area (Å²) in [5, 5.41) is 28.9. The van der Waals surface area contributed by atoms with Gasteiger partial charge in [-0.3, -0.25) is 0 Å². The summed E-state index contributed by atoms with van der Waals surface area (Å²) in [4.78, 5) is 0. The van der Waals surface area contributed by atoms with Gasteiger partial charge >= 0.3 is 0 Å². The Morgan fingerprint density at radius 3 is 1.72 bits per heavy atom. The summed E-state index contributed by atoms with van der Waals surface area (Å²) in [6, 6.07) is 3.61. The highest BCUT2D eigenvalue weighted by Gasteiger charge is 2.26. The van der Waals surface area contributed by atoms with Crippen LogP contribution in [0.15, 0.2) is 12.1 Å². The first-order valence-electron chi connectivity index (χ1n) is 6.18. The Balaban J connectivity index is 3.58. The molecule has 1 aromatic rings. The van der Waals surface area contributed by atoms with Crippen molar-refractivity contribution in [1.29, 1.82) is 0 Å². The van der Waals surface area contributed by atoms with Gasteiger partial charge in [0.2, 0.25) is 0 Å². The highest BCUT2D eigenvalue weighted by atomic mass is 16.5. The van der Waals surface area contributed by atoms with Crippen LogP contribution in [0.3, 0.4) is 0 Å². The monoisotopic (exact) mass is 252 g/mol. The van der Waals surface area contributed by atoms with E-state index in [0.29, 0.717) is 0 Å². The van der Waals surface area contributed by atoms with E-state index in [1.807, 2.05) is 26.8 Å². The predicted octanol–water partition coefficient (Wildman–Crippen LogP) is 2.97. The minimum Gasteiger partial charge on any atom is -0.507 e. The van der Waals surface area contributed by atoms with E-state index in [-0.39, 0.29) is 22.1 Å². The Hall–Kier alpha value is -1.06. The van der Waals surface area contributed by atoms with Gasteiger partial charge < -0.3 is 15.3 Å². The van der Waals surface area contributed by atoms with Crippen molar-refractivity contribution >= 4 is 0 Å². The molecule has 0 radical (unpaired) electrons. The molecule has 0 atom stereocenters. The van der Waals surface area contributed by atoms with Gasteiger partial charge in [-0.1, -0.05) is 47.6 Å². The Morgan fingerprint density at radius 2 is 1.39 bits per heavy atom. The van der Waals surface area contributed by atoms with E-state index in [0.717, 1.165) is 11.1 Å². The molecule has 102 valence electrons. The topological polar surface area (TPSA) is 60.7 Å². The lowest BCUT2D eigenvalue weighted by molar-refractivity contribution is -0.0440. The summed E-state index contributed by atoms with van der Waals surface area (Å²) < 4.78 is 0. The molecule has 3 nitrogen and oxygen atoms in total. The minimum absolute atomic E-state index is 0.0227. The van der Waals surface area contributed by atoms with Gasteiger partial charge in [0.05, 0.1) is 0 Å². The number of benzene rings is 1. The van der Waals surface area contributed by atoms with Crippen LogP contribution in [0.2, 0.25) is 0 Å². The van der Waals surface area contributed by atoms with Crippen molar-refractivity contribution in [3.05, 3.63) is 28.8 Å². The second-order valence-electron chi connectivity index (χ2n) is 6.84. The van der Waals surface area contributed by atoms with Gasteiger partial charge in [-0.25, -0.2) is 0 Å². The average molecular weight is 252 g/mol. The number of rotatable bonds is 1. The van der Waals surface area contributed by atoms with Crippen LogP contribution in [-0.4, -0.2) is 15.3 Å². The number of phenols is 1. The average Bonchev–Trinajstić information content (AvgIpc) is 2.13. The van der Waals surface area contributed by atoms with Crippen LogP contribution >= 0.6 is 0 Å². The Labute approximate surface area is 109 Å². The second-order valence-corrected chi connectivity index (χ2v) is 6.84. The fourth-order valence-corrected chi connectivity index (χ4v) is 1.86. The van der Waals surface area contributed by atoms with Crippen LogP contribution in [0.1, 0.15) is 64.5 Å². The van der Waals surface area contributed by atoms with Crippen LogP contribution < -0.4 is 0 Å². The molecule has 0 aliphatic carbocycles. The molecule has 0 aliphatic heterocycles. The SMILES string of the molecule is CC(C)(C)c1cc(C(O)O)c(O)c(C(C)(C)C)c1. The van der Waals surface area contributed by atoms with Crippen molar-refractivity contribution in [2.24, 2.45) is 0 Å². The summed E-state index contributed by atoms with van der Waals surface area (Å²) in [6.45, 7) is 12.1. The van der Waals surface area contributed by atoms with Crippen molar-refractivity contribution in [2.45, 2.75) is 58.7 Å². The number of aromatic hydroxyl groups is 1. The first-order chi connectivity index (χ1) is 7.94. The van der Waals surface area contributed by atoms with Crippen molar-refractivity contribution in [2.75, 3.05) is 0 Å². The maximum absolute atomic E-state index is 10.2. The number of hydrogen-bond donors (Lipinski definition) is 3. The molecule has 0 heterocycles. The fourth-order valence-electron chi connectivity index (χ4n) is 1.86. The molecule has 3 N–H and O–H groups in total. The molecule has 0 bridgehead atoms. The predicted molar refractivity (Wildman–Crippen MR) is 72.7 cm³/mol. The number of aliphatic hydroxyl groups is 2. The van der Waals surface area contributed by atoms with Gasteiger partial charge in [-0.2, -0.15) is 0 Å². The van der Waals surface area contributed by atoms with Crippen LogP contribution in [0.25, 0.3) is 0 Å². The Kier molecular flexibility index (Phi) is 3.80.